The monoisotopic (exact) mass is 276 g/mol. The third kappa shape index (κ3) is 3.99. The molecule has 1 N–H and O–H groups in total. The lowest BCUT2D eigenvalue weighted by atomic mass is 10.3. The Balaban J connectivity index is 2.18. The van der Waals surface area contributed by atoms with E-state index in [1.807, 2.05) is 13.0 Å². The summed E-state index contributed by atoms with van der Waals surface area (Å²) in [6.07, 6.45) is 2.73. The highest BCUT2D eigenvalue weighted by Crippen LogP contribution is 2.14. The highest BCUT2D eigenvalue weighted by Gasteiger charge is 2.07. The Morgan fingerprint density at radius 2 is 2.05 bits per heavy atom. The first-order valence-corrected chi connectivity index (χ1v) is 7.61. The summed E-state index contributed by atoms with van der Waals surface area (Å²) in [5.74, 6) is 1.78. The fourth-order valence-electron chi connectivity index (χ4n) is 1.78. The number of hydrogen-bond acceptors (Lipinski definition) is 5. The molecule has 2 rings (SSSR count). The zero-order chi connectivity index (χ0) is 13.7. The molecule has 4 nitrogen and oxygen atoms in total. The number of nitrogens with one attached hydrogen (secondary N) is 1. The largest absolute Gasteiger partial charge is 0.370 e. The first-order valence-electron chi connectivity index (χ1n) is 6.73. The molecule has 0 saturated carbocycles. The second-order valence-electron chi connectivity index (χ2n) is 4.50. The van der Waals surface area contributed by atoms with E-state index in [1.54, 1.807) is 11.3 Å². The summed E-state index contributed by atoms with van der Waals surface area (Å²) in [5.41, 5.74) is 2.15. The lowest BCUT2D eigenvalue weighted by Crippen LogP contribution is -2.07. The number of hydrogen-bond donors (Lipinski definition) is 1. The normalized spacial score (nSPS) is 10.7. The van der Waals surface area contributed by atoms with Gasteiger partial charge in [-0.25, -0.2) is 15.0 Å². The average Bonchev–Trinajstić information content (AvgIpc) is 2.81. The highest BCUT2D eigenvalue weighted by atomic mass is 32.1. The molecule has 0 unspecified atom stereocenters. The van der Waals surface area contributed by atoms with Crippen LogP contribution in [0.3, 0.4) is 0 Å². The molecule has 0 aliphatic rings. The van der Waals surface area contributed by atoms with Crippen LogP contribution in [-0.2, 0) is 12.8 Å². The molecule has 2 heterocycles. The summed E-state index contributed by atoms with van der Waals surface area (Å²) < 4.78 is 0. The van der Waals surface area contributed by atoms with Crippen LogP contribution < -0.4 is 5.32 Å². The number of rotatable bonds is 6. The Labute approximate surface area is 118 Å². The SMILES string of the molecule is CCCNc1cc(CC)nc(Cc2nc(C)cs2)n1. The van der Waals surface area contributed by atoms with E-state index in [2.05, 4.69) is 39.5 Å². The van der Waals surface area contributed by atoms with Crippen LogP contribution in [0.5, 0.6) is 0 Å². The molecule has 0 aromatic carbocycles. The van der Waals surface area contributed by atoms with Gasteiger partial charge in [0, 0.05) is 29.4 Å². The first kappa shape index (κ1) is 13.9. The summed E-state index contributed by atoms with van der Waals surface area (Å²) in [6, 6.07) is 2.03. The molecule has 0 spiro atoms. The van der Waals surface area contributed by atoms with Gasteiger partial charge in [-0.05, 0) is 19.8 Å². The Morgan fingerprint density at radius 1 is 1.21 bits per heavy atom. The van der Waals surface area contributed by atoms with E-state index in [0.29, 0.717) is 6.42 Å². The van der Waals surface area contributed by atoms with Crippen LogP contribution in [0.25, 0.3) is 0 Å². The van der Waals surface area contributed by atoms with Gasteiger partial charge in [-0.1, -0.05) is 13.8 Å². The van der Waals surface area contributed by atoms with Crippen molar-refractivity contribution in [3.05, 3.63) is 33.7 Å². The molecule has 2 aromatic heterocycles. The standard InChI is InChI=1S/C14H20N4S/c1-4-6-15-12-7-11(5-2)17-13(18-12)8-14-16-10(3)9-19-14/h7,9H,4-6,8H2,1-3H3,(H,15,17,18). The van der Waals surface area contributed by atoms with Gasteiger partial charge in [-0.2, -0.15) is 0 Å². The van der Waals surface area contributed by atoms with Crippen molar-refractivity contribution in [2.45, 2.75) is 40.0 Å². The molecule has 0 saturated heterocycles. The van der Waals surface area contributed by atoms with E-state index in [1.165, 1.54) is 0 Å². The first-order chi connectivity index (χ1) is 9.21. The maximum atomic E-state index is 4.58. The smallest absolute Gasteiger partial charge is 0.137 e. The lowest BCUT2D eigenvalue weighted by Gasteiger charge is -2.08. The molecule has 0 fully saturated rings. The summed E-state index contributed by atoms with van der Waals surface area (Å²) in [6.45, 7) is 7.21. The van der Waals surface area contributed by atoms with Crippen LogP contribution in [0.15, 0.2) is 11.4 Å². The van der Waals surface area contributed by atoms with Crippen molar-refractivity contribution in [2.75, 3.05) is 11.9 Å². The van der Waals surface area contributed by atoms with Gasteiger partial charge in [0.15, 0.2) is 0 Å². The van der Waals surface area contributed by atoms with Gasteiger partial charge in [0.2, 0.25) is 0 Å². The molecule has 19 heavy (non-hydrogen) atoms. The van der Waals surface area contributed by atoms with E-state index in [4.69, 9.17) is 0 Å². The number of aromatic nitrogens is 3. The number of anilines is 1. The quantitative estimate of drug-likeness (QED) is 0.880. The second-order valence-corrected chi connectivity index (χ2v) is 5.44. The summed E-state index contributed by atoms with van der Waals surface area (Å²) >= 11 is 1.67. The van der Waals surface area contributed by atoms with E-state index in [-0.39, 0.29) is 0 Å². The maximum absolute atomic E-state index is 4.58. The van der Waals surface area contributed by atoms with Crippen molar-refractivity contribution >= 4 is 17.2 Å². The van der Waals surface area contributed by atoms with Crippen molar-refractivity contribution < 1.29 is 0 Å². The fraction of sp³-hybridized carbons (Fsp3) is 0.500. The Hall–Kier alpha value is -1.49. The van der Waals surface area contributed by atoms with Gasteiger partial charge < -0.3 is 5.32 Å². The van der Waals surface area contributed by atoms with Gasteiger partial charge >= 0.3 is 0 Å². The zero-order valence-electron chi connectivity index (χ0n) is 11.7. The third-order valence-corrected chi connectivity index (χ3v) is 3.69. The third-order valence-electron chi connectivity index (χ3n) is 2.72. The van der Waals surface area contributed by atoms with Gasteiger partial charge in [0.25, 0.3) is 0 Å². The molecule has 2 aromatic rings. The van der Waals surface area contributed by atoms with Crippen molar-refractivity contribution in [2.24, 2.45) is 0 Å². The lowest BCUT2D eigenvalue weighted by molar-refractivity contribution is 0.887. The van der Waals surface area contributed by atoms with Crippen molar-refractivity contribution in [3.8, 4) is 0 Å². The van der Waals surface area contributed by atoms with Crippen molar-refractivity contribution in [1.29, 1.82) is 0 Å². The zero-order valence-corrected chi connectivity index (χ0v) is 12.5. The van der Waals surface area contributed by atoms with Crippen molar-refractivity contribution in [1.82, 2.24) is 15.0 Å². The molecular weight excluding hydrogens is 256 g/mol. The minimum atomic E-state index is 0.715. The van der Waals surface area contributed by atoms with Gasteiger partial charge in [0.05, 0.1) is 6.42 Å². The summed E-state index contributed by atoms with van der Waals surface area (Å²) in [7, 11) is 0. The van der Waals surface area contributed by atoms with Gasteiger partial charge in [-0.3, -0.25) is 0 Å². The molecular formula is C14H20N4S. The molecule has 0 bridgehead atoms. The average molecular weight is 276 g/mol. The van der Waals surface area contributed by atoms with Crippen LogP contribution in [0.4, 0.5) is 5.82 Å². The number of thiazole rings is 1. The van der Waals surface area contributed by atoms with E-state index in [0.717, 1.165) is 47.4 Å². The van der Waals surface area contributed by atoms with Crippen LogP contribution in [0.2, 0.25) is 0 Å². The van der Waals surface area contributed by atoms with Crippen molar-refractivity contribution in [3.63, 3.8) is 0 Å². The summed E-state index contributed by atoms with van der Waals surface area (Å²) in [4.78, 5) is 13.6. The van der Waals surface area contributed by atoms with Crippen LogP contribution in [0.1, 0.15) is 42.5 Å². The molecule has 102 valence electrons. The topological polar surface area (TPSA) is 50.7 Å². The number of nitrogens with zero attached hydrogens (tertiary/aromatic N) is 3. The van der Waals surface area contributed by atoms with Crippen LogP contribution in [-0.4, -0.2) is 21.5 Å². The minimum Gasteiger partial charge on any atom is -0.370 e. The Morgan fingerprint density at radius 3 is 2.68 bits per heavy atom. The van der Waals surface area contributed by atoms with Crippen LogP contribution in [0, 0.1) is 6.92 Å². The van der Waals surface area contributed by atoms with Gasteiger partial charge in [0.1, 0.15) is 16.6 Å². The molecule has 0 aliphatic carbocycles. The second kappa shape index (κ2) is 6.61. The molecule has 0 radical (unpaired) electrons. The molecule has 5 heteroatoms. The predicted molar refractivity (Wildman–Crippen MR) is 79.8 cm³/mol. The number of aryl methyl sites for hydroxylation is 2. The Bertz CT molecular complexity index is 536. The Kier molecular flexibility index (Phi) is 4.85. The minimum absolute atomic E-state index is 0.715. The van der Waals surface area contributed by atoms with E-state index in [9.17, 15) is 0 Å². The fourth-order valence-corrected chi connectivity index (χ4v) is 2.54. The molecule has 0 atom stereocenters. The molecule has 0 aliphatic heterocycles. The van der Waals surface area contributed by atoms with E-state index >= 15 is 0 Å². The van der Waals surface area contributed by atoms with E-state index < -0.39 is 0 Å². The maximum Gasteiger partial charge on any atom is 0.137 e. The summed E-state index contributed by atoms with van der Waals surface area (Å²) in [5, 5.41) is 6.47. The molecule has 0 amide bonds. The predicted octanol–water partition coefficient (Wildman–Crippen LogP) is 3.22. The highest BCUT2D eigenvalue weighted by molar-refractivity contribution is 7.09. The van der Waals surface area contributed by atoms with Gasteiger partial charge in [-0.15, -0.1) is 11.3 Å². The van der Waals surface area contributed by atoms with Crippen LogP contribution >= 0.6 is 11.3 Å².